The Bertz CT molecular complexity index is 1030. The topological polar surface area (TPSA) is 74.6 Å². The van der Waals surface area contributed by atoms with Gasteiger partial charge in [0, 0.05) is 0 Å². The Morgan fingerprint density at radius 2 is 0.906 bits per heavy atom. The second-order valence-electron chi connectivity index (χ2n) is 6.65. The van der Waals surface area contributed by atoms with Gasteiger partial charge < -0.3 is 10.2 Å². The van der Waals surface area contributed by atoms with Crippen LogP contribution >= 0.6 is 48.0 Å². The summed E-state index contributed by atoms with van der Waals surface area (Å²) in [6, 6.07) is 25.0. The molecule has 0 saturated carbocycles. The Morgan fingerprint density at radius 3 is 1.19 bits per heavy atom. The molecule has 0 radical (unpaired) electrons. The summed E-state index contributed by atoms with van der Waals surface area (Å²) in [5.41, 5.74) is 2.76. The number of carboxylic acid groups (broad SMARTS) is 2. The standard InChI is InChI=1S/C24H18O4S4/c25-21(26)19(15-7-3-1-4-8-15)31-23(29)17-11-13-18(14-12-17)24(30)32-20(22(27)28)16-9-5-2-6-10-16/h1-14,19-20H,(H,25,26)(H,27,28). The molecule has 32 heavy (non-hydrogen) atoms. The van der Waals surface area contributed by atoms with Crippen molar-refractivity contribution in [1.82, 2.24) is 0 Å². The van der Waals surface area contributed by atoms with Crippen LogP contribution in [0.4, 0.5) is 0 Å². The molecule has 3 aromatic rings. The fourth-order valence-electron chi connectivity index (χ4n) is 2.87. The highest BCUT2D eigenvalue weighted by atomic mass is 32.2. The maximum atomic E-state index is 11.7. The summed E-state index contributed by atoms with van der Waals surface area (Å²) in [7, 11) is 0. The Hall–Kier alpha value is -2.52. The molecule has 0 saturated heterocycles. The Labute approximate surface area is 205 Å². The molecule has 162 valence electrons. The molecule has 0 heterocycles. The monoisotopic (exact) mass is 498 g/mol. The SMILES string of the molecule is O=C(O)C(SC(=S)c1ccc(C(=S)SC(C(=O)O)c2ccccc2)cc1)c1ccccc1. The summed E-state index contributed by atoms with van der Waals surface area (Å²) in [5, 5.41) is 17.6. The van der Waals surface area contributed by atoms with E-state index >= 15 is 0 Å². The Kier molecular flexibility index (Phi) is 8.58. The van der Waals surface area contributed by atoms with Crippen LogP contribution < -0.4 is 0 Å². The number of carboxylic acids is 2. The Morgan fingerprint density at radius 1 is 0.594 bits per heavy atom. The highest BCUT2D eigenvalue weighted by molar-refractivity contribution is 8.24. The van der Waals surface area contributed by atoms with E-state index in [0.717, 1.165) is 23.5 Å². The van der Waals surface area contributed by atoms with E-state index < -0.39 is 22.4 Å². The van der Waals surface area contributed by atoms with Gasteiger partial charge in [0.1, 0.15) is 10.5 Å². The lowest BCUT2D eigenvalue weighted by Gasteiger charge is -2.15. The van der Waals surface area contributed by atoms with Crippen LogP contribution in [0.25, 0.3) is 0 Å². The normalized spacial score (nSPS) is 12.5. The second kappa shape index (κ2) is 11.4. The molecule has 0 aromatic heterocycles. The molecule has 2 atom stereocenters. The number of rotatable bonds is 8. The first kappa shape index (κ1) is 24.1. The molecule has 0 aliphatic heterocycles. The molecule has 3 rings (SSSR count). The molecule has 2 N–H and O–H groups in total. The molecule has 0 bridgehead atoms. The van der Waals surface area contributed by atoms with Crippen molar-refractivity contribution in [2.75, 3.05) is 0 Å². The van der Waals surface area contributed by atoms with Crippen molar-refractivity contribution in [1.29, 1.82) is 0 Å². The molecular formula is C24H18O4S4. The number of carbonyl (C=O) groups is 2. The van der Waals surface area contributed by atoms with Gasteiger partial charge in [-0.1, -0.05) is 133 Å². The fraction of sp³-hybridized carbons (Fsp3) is 0.0833. The first-order valence-electron chi connectivity index (χ1n) is 9.44. The van der Waals surface area contributed by atoms with E-state index in [1.165, 1.54) is 0 Å². The van der Waals surface area contributed by atoms with E-state index in [1.54, 1.807) is 72.8 Å². The number of thioether (sulfide) groups is 2. The number of thiocarbonyl (C=S) groups is 2. The summed E-state index contributed by atoms with van der Waals surface area (Å²) in [6.07, 6.45) is 0. The predicted octanol–water partition coefficient (Wildman–Crippen LogP) is 6.16. The van der Waals surface area contributed by atoms with Gasteiger partial charge >= 0.3 is 11.9 Å². The third-order valence-corrected chi connectivity index (χ3v) is 7.83. The zero-order chi connectivity index (χ0) is 23.1. The largest absolute Gasteiger partial charge is 0.480 e. The number of hydrogen-bond acceptors (Lipinski definition) is 6. The summed E-state index contributed by atoms with van der Waals surface area (Å²) < 4.78 is 0.915. The van der Waals surface area contributed by atoms with Crippen molar-refractivity contribution in [2.45, 2.75) is 10.5 Å². The van der Waals surface area contributed by atoms with Crippen LogP contribution in [-0.2, 0) is 9.59 Å². The maximum Gasteiger partial charge on any atom is 0.321 e. The van der Waals surface area contributed by atoms with Crippen molar-refractivity contribution in [3.05, 3.63) is 107 Å². The molecule has 0 aliphatic carbocycles. The summed E-state index contributed by atoms with van der Waals surface area (Å²) in [4.78, 5) is 23.5. The van der Waals surface area contributed by atoms with Crippen molar-refractivity contribution in [3.63, 3.8) is 0 Å². The van der Waals surface area contributed by atoms with E-state index in [4.69, 9.17) is 24.4 Å². The molecule has 3 aromatic carbocycles. The van der Waals surface area contributed by atoms with Gasteiger partial charge in [0.15, 0.2) is 0 Å². The lowest BCUT2D eigenvalue weighted by atomic mass is 10.1. The highest BCUT2D eigenvalue weighted by Gasteiger charge is 2.24. The van der Waals surface area contributed by atoms with Crippen LogP contribution in [0.15, 0.2) is 84.9 Å². The van der Waals surface area contributed by atoms with E-state index in [1.807, 2.05) is 12.1 Å². The lowest BCUT2D eigenvalue weighted by molar-refractivity contribution is -0.137. The summed E-state index contributed by atoms with van der Waals surface area (Å²) in [6.45, 7) is 0. The molecule has 0 aliphatic rings. The average molecular weight is 499 g/mol. The average Bonchev–Trinajstić information content (AvgIpc) is 2.81. The van der Waals surface area contributed by atoms with Crippen molar-refractivity contribution in [3.8, 4) is 0 Å². The van der Waals surface area contributed by atoms with E-state index in [0.29, 0.717) is 30.6 Å². The van der Waals surface area contributed by atoms with Gasteiger partial charge in [0.05, 0.1) is 8.39 Å². The van der Waals surface area contributed by atoms with Gasteiger partial charge in [0.25, 0.3) is 0 Å². The van der Waals surface area contributed by atoms with Gasteiger partial charge in [-0.3, -0.25) is 9.59 Å². The number of benzene rings is 3. The van der Waals surface area contributed by atoms with Gasteiger partial charge in [-0.2, -0.15) is 0 Å². The maximum absolute atomic E-state index is 11.7. The van der Waals surface area contributed by atoms with Crippen LogP contribution in [0.1, 0.15) is 32.8 Å². The van der Waals surface area contributed by atoms with E-state index in [-0.39, 0.29) is 0 Å². The van der Waals surface area contributed by atoms with E-state index in [2.05, 4.69) is 0 Å². The number of aliphatic carboxylic acids is 2. The van der Waals surface area contributed by atoms with Crippen molar-refractivity contribution >= 4 is 68.3 Å². The van der Waals surface area contributed by atoms with E-state index in [9.17, 15) is 19.8 Å². The van der Waals surface area contributed by atoms with Gasteiger partial charge in [0.2, 0.25) is 0 Å². The minimum atomic E-state index is -0.960. The van der Waals surface area contributed by atoms with Crippen LogP contribution in [-0.4, -0.2) is 30.5 Å². The quantitative estimate of drug-likeness (QED) is 0.358. The van der Waals surface area contributed by atoms with Crippen LogP contribution in [0.5, 0.6) is 0 Å². The Balaban J connectivity index is 1.71. The molecule has 4 nitrogen and oxygen atoms in total. The number of hydrogen-bond donors (Lipinski definition) is 2. The third kappa shape index (κ3) is 6.26. The summed E-state index contributed by atoms with van der Waals surface area (Å²) >= 11 is 13.2. The summed E-state index contributed by atoms with van der Waals surface area (Å²) in [5.74, 6) is -1.92. The molecule has 0 amide bonds. The van der Waals surface area contributed by atoms with Crippen LogP contribution in [0.3, 0.4) is 0 Å². The smallest absolute Gasteiger partial charge is 0.321 e. The molecule has 0 fully saturated rings. The van der Waals surface area contributed by atoms with Gasteiger partial charge in [-0.25, -0.2) is 0 Å². The highest BCUT2D eigenvalue weighted by Crippen LogP contribution is 2.34. The van der Waals surface area contributed by atoms with Gasteiger partial charge in [-0.05, 0) is 22.3 Å². The zero-order valence-corrected chi connectivity index (χ0v) is 19.8. The van der Waals surface area contributed by atoms with Crippen LogP contribution in [0, 0.1) is 0 Å². The van der Waals surface area contributed by atoms with Crippen molar-refractivity contribution in [2.24, 2.45) is 0 Å². The molecule has 8 heteroatoms. The predicted molar refractivity (Wildman–Crippen MR) is 139 cm³/mol. The van der Waals surface area contributed by atoms with Gasteiger partial charge in [-0.15, -0.1) is 0 Å². The zero-order valence-electron chi connectivity index (χ0n) is 16.6. The lowest BCUT2D eigenvalue weighted by Crippen LogP contribution is -2.11. The first-order chi connectivity index (χ1) is 15.4. The third-order valence-electron chi connectivity index (χ3n) is 4.46. The minimum absolute atomic E-state index is 0.457. The van der Waals surface area contributed by atoms with Crippen LogP contribution in [0.2, 0.25) is 0 Å². The second-order valence-corrected chi connectivity index (χ2v) is 10.2. The van der Waals surface area contributed by atoms with Crippen molar-refractivity contribution < 1.29 is 19.8 Å². The fourth-order valence-corrected chi connectivity index (χ4v) is 5.48. The minimum Gasteiger partial charge on any atom is -0.480 e. The molecule has 0 spiro atoms. The molecule has 2 unspecified atom stereocenters. The first-order valence-corrected chi connectivity index (χ1v) is 12.0. The molecular weight excluding hydrogens is 481 g/mol.